The summed E-state index contributed by atoms with van der Waals surface area (Å²) in [6.07, 6.45) is 0.839. The molecule has 1 rings (SSSR count). The van der Waals surface area contributed by atoms with Crippen molar-refractivity contribution in [1.82, 2.24) is 4.98 Å². The average Bonchev–Trinajstić information content (AvgIpc) is 2.17. The van der Waals surface area contributed by atoms with Gasteiger partial charge in [-0.15, -0.1) is 0 Å². The van der Waals surface area contributed by atoms with Crippen LogP contribution in [0.15, 0.2) is 0 Å². The molecule has 2 nitrogen and oxygen atoms in total. The third kappa shape index (κ3) is 1.65. The Morgan fingerprint density at radius 1 is 1.20 bits per heavy atom. The van der Waals surface area contributed by atoms with Gasteiger partial charge in [0.1, 0.15) is 0 Å². The van der Waals surface area contributed by atoms with Crippen molar-refractivity contribution in [1.29, 1.82) is 0 Å². The molecular formula is C5H2I3NO. The first-order chi connectivity index (χ1) is 4.66. The number of aromatic nitrogens is 1. The van der Waals surface area contributed by atoms with E-state index in [4.69, 9.17) is 0 Å². The lowest BCUT2D eigenvalue weighted by molar-refractivity contribution is 0.111. The quantitative estimate of drug-likeness (QED) is 0.495. The van der Waals surface area contributed by atoms with Crippen molar-refractivity contribution in [3.8, 4) is 0 Å². The van der Waals surface area contributed by atoms with Gasteiger partial charge in [-0.3, -0.25) is 4.79 Å². The average molecular weight is 473 g/mol. The molecule has 54 valence electrons. The summed E-state index contributed by atoms with van der Waals surface area (Å²) in [5.41, 5.74) is 0.675. The molecule has 1 heterocycles. The highest BCUT2D eigenvalue weighted by Crippen LogP contribution is 2.22. The number of hydrogen-bond donors (Lipinski definition) is 1. The van der Waals surface area contributed by atoms with Crippen LogP contribution < -0.4 is 0 Å². The predicted octanol–water partition coefficient (Wildman–Crippen LogP) is 2.64. The molecule has 0 saturated heterocycles. The summed E-state index contributed by atoms with van der Waals surface area (Å²) in [5, 5.41) is 0. The van der Waals surface area contributed by atoms with Crippen molar-refractivity contribution in [3.63, 3.8) is 0 Å². The molecule has 0 atom stereocenters. The maximum atomic E-state index is 10.4. The summed E-state index contributed by atoms with van der Waals surface area (Å²) in [5.74, 6) is 0. The third-order valence-electron chi connectivity index (χ3n) is 0.984. The van der Waals surface area contributed by atoms with Crippen LogP contribution in [0.5, 0.6) is 0 Å². The molecule has 0 aliphatic carbocycles. The summed E-state index contributed by atoms with van der Waals surface area (Å²) < 4.78 is 3.17. The normalized spacial score (nSPS) is 9.90. The van der Waals surface area contributed by atoms with Crippen LogP contribution in [-0.4, -0.2) is 11.3 Å². The predicted molar refractivity (Wildman–Crippen MR) is 64.3 cm³/mol. The van der Waals surface area contributed by atoms with Crippen molar-refractivity contribution in [2.45, 2.75) is 0 Å². The Balaban J connectivity index is 3.30. The Bertz CT molecular complexity index is 268. The Morgan fingerprint density at radius 3 is 2.00 bits per heavy atom. The molecule has 0 fully saturated rings. The van der Waals surface area contributed by atoms with Gasteiger partial charge >= 0.3 is 0 Å². The van der Waals surface area contributed by atoms with Gasteiger partial charge in [0, 0.05) is 0 Å². The van der Waals surface area contributed by atoms with Crippen molar-refractivity contribution in [2.75, 3.05) is 0 Å². The molecule has 0 saturated carbocycles. The fraction of sp³-hybridized carbons (Fsp3) is 0. The highest BCUT2D eigenvalue weighted by molar-refractivity contribution is 14.1. The first-order valence-corrected chi connectivity index (χ1v) is 5.58. The van der Waals surface area contributed by atoms with Crippen LogP contribution in [0.2, 0.25) is 0 Å². The minimum Gasteiger partial charge on any atom is -0.346 e. The maximum absolute atomic E-state index is 10.4. The van der Waals surface area contributed by atoms with Gasteiger partial charge in [0.25, 0.3) is 0 Å². The van der Waals surface area contributed by atoms with Crippen molar-refractivity contribution in [2.24, 2.45) is 0 Å². The molecule has 1 aromatic heterocycles. The largest absolute Gasteiger partial charge is 0.346 e. The lowest BCUT2D eigenvalue weighted by Gasteiger charge is -1.82. The van der Waals surface area contributed by atoms with E-state index in [1.807, 2.05) is 0 Å². The number of H-pyrrole nitrogens is 1. The van der Waals surface area contributed by atoms with E-state index in [2.05, 4.69) is 72.8 Å². The Kier molecular flexibility index (Phi) is 3.41. The molecule has 0 aromatic carbocycles. The SMILES string of the molecule is O=Cc1[nH]c(I)c(I)c1I. The van der Waals surface area contributed by atoms with Crippen LogP contribution in [-0.2, 0) is 0 Å². The monoisotopic (exact) mass is 473 g/mol. The van der Waals surface area contributed by atoms with Crippen LogP contribution in [0.3, 0.4) is 0 Å². The van der Waals surface area contributed by atoms with E-state index in [1.165, 1.54) is 0 Å². The summed E-state index contributed by atoms with van der Waals surface area (Å²) in [4.78, 5) is 13.3. The second-order valence-electron chi connectivity index (χ2n) is 1.60. The van der Waals surface area contributed by atoms with E-state index < -0.39 is 0 Å². The lowest BCUT2D eigenvalue weighted by atomic mass is 10.5. The van der Waals surface area contributed by atoms with Gasteiger partial charge in [0.15, 0.2) is 6.29 Å². The molecule has 0 aliphatic heterocycles. The van der Waals surface area contributed by atoms with Gasteiger partial charge < -0.3 is 4.98 Å². The molecule has 0 spiro atoms. The zero-order valence-electron chi connectivity index (χ0n) is 4.62. The fourth-order valence-corrected chi connectivity index (χ4v) is 2.56. The molecule has 10 heavy (non-hydrogen) atoms. The van der Waals surface area contributed by atoms with E-state index in [-0.39, 0.29) is 0 Å². The third-order valence-corrected chi connectivity index (χ3v) is 6.06. The Hall–Kier alpha value is 1.14. The molecule has 0 aliphatic rings. The summed E-state index contributed by atoms with van der Waals surface area (Å²) in [6, 6.07) is 0. The van der Waals surface area contributed by atoms with Crippen LogP contribution >= 0.6 is 67.8 Å². The number of carbonyl (C=O) groups is 1. The lowest BCUT2D eigenvalue weighted by Crippen LogP contribution is -1.80. The van der Waals surface area contributed by atoms with Crippen molar-refractivity contribution < 1.29 is 4.79 Å². The molecule has 1 aromatic rings. The van der Waals surface area contributed by atoms with Crippen LogP contribution in [0.4, 0.5) is 0 Å². The fourth-order valence-electron chi connectivity index (χ4n) is 0.524. The number of rotatable bonds is 1. The maximum Gasteiger partial charge on any atom is 0.167 e. The van der Waals surface area contributed by atoms with Crippen LogP contribution in [0, 0.1) is 10.8 Å². The van der Waals surface area contributed by atoms with E-state index in [0.717, 1.165) is 17.1 Å². The standard InChI is InChI=1S/C5H2I3NO/c6-3-2(1-10)9-5(8)4(3)7/h1,9H. The van der Waals surface area contributed by atoms with Crippen LogP contribution in [0.1, 0.15) is 10.5 Å². The summed E-state index contributed by atoms with van der Waals surface area (Å²) >= 11 is 6.53. The second kappa shape index (κ2) is 3.70. The number of hydrogen-bond acceptors (Lipinski definition) is 1. The zero-order valence-corrected chi connectivity index (χ0v) is 11.1. The smallest absolute Gasteiger partial charge is 0.167 e. The summed E-state index contributed by atoms with van der Waals surface area (Å²) in [6.45, 7) is 0. The topological polar surface area (TPSA) is 32.9 Å². The van der Waals surface area contributed by atoms with E-state index in [1.54, 1.807) is 0 Å². The Labute approximate surface area is 99.0 Å². The van der Waals surface area contributed by atoms with Gasteiger partial charge in [-0.05, 0) is 67.8 Å². The minimum atomic E-state index is 0.675. The molecule has 0 radical (unpaired) electrons. The molecule has 5 heteroatoms. The van der Waals surface area contributed by atoms with Gasteiger partial charge in [0.2, 0.25) is 0 Å². The molecule has 0 bridgehead atoms. The Morgan fingerprint density at radius 2 is 1.80 bits per heavy atom. The van der Waals surface area contributed by atoms with E-state index in [9.17, 15) is 4.79 Å². The molecule has 1 N–H and O–H groups in total. The minimum absolute atomic E-state index is 0.675. The molecule has 0 amide bonds. The number of aldehydes is 1. The first kappa shape index (κ1) is 9.23. The highest BCUT2D eigenvalue weighted by atomic mass is 127. The first-order valence-electron chi connectivity index (χ1n) is 2.34. The zero-order chi connectivity index (χ0) is 7.72. The van der Waals surface area contributed by atoms with Crippen molar-refractivity contribution >= 4 is 74.1 Å². The number of halogens is 3. The number of carbonyl (C=O) groups excluding carboxylic acids is 1. The molecule has 0 unspecified atom stereocenters. The number of aromatic amines is 1. The van der Waals surface area contributed by atoms with Gasteiger partial charge in [0.05, 0.1) is 16.5 Å². The van der Waals surface area contributed by atoms with Crippen LogP contribution in [0.25, 0.3) is 0 Å². The molecular weight excluding hydrogens is 471 g/mol. The van der Waals surface area contributed by atoms with Gasteiger partial charge in [-0.1, -0.05) is 0 Å². The van der Waals surface area contributed by atoms with Gasteiger partial charge in [-0.2, -0.15) is 0 Å². The highest BCUT2D eigenvalue weighted by Gasteiger charge is 2.09. The number of nitrogens with one attached hydrogen (secondary N) is 1. The van der Waals surface area contributed by atoms with Crippen molar-refractivity contribution in [3.05, 3.63) is 16.5 Å². The van der Waals surface area contributed by atoms with E-state index in [0.29, 0.717) is 5.69 Å². The summed E-state index contributed by atoms with van der Waals surface area (Å²) in [7, 11) is 0. The van der Waals surface area contributed by atoms with E-state index >= 15 is 0 Å². The second-order valence-corrected chi connectivity index (χ2v) is 4.83. The van der Waals surface area contributed by atoms with Gasteiger partial charge in [-0.25, -0.2) is 0 Å².